The van der Waals surface area contributed by atoms with Crippen LogP contribution in [0.2, 0.25) is 0 Å². The van der Waals surface area contributed by atoms with Gasteiger partial charge in [0.1, 0.15) is 0 Å². The molecule has 9 atom stereocenters. The summed E-state index contributed by atoms with van der Waals surface area (Å²) >= 11 is 6.60. The Bertz CT molecular complexity index is 540. The Kier molecular flexibility index (Phi) is 6.22. The molecule has 0 bridgehead atoms. The predicted octanol–water partition coefficient (Wildman–Crippen LogP) is 8.72. The van der Waals surface area contributed by atoms with Crippen LogP contribution in [0.5, 0.6) is 0 Å². The van der Waals surface area contributed by atoms with E-state index in [1.165, 1.54) is 77.0 Å². The van der Waals surface area contributed by atoms with E-state index in [-0.39, 0.29) is 0 Å². The topological polar surface area (TPSA) is 0 Å². The number of rotatable bonds is 5. The van der Waals surface area contributed by atoms with Gasteiger partial charge in [0.05, 0.1) is 0 Å². The quantitative estimate of drug-likeness (QED) is 0.400. The van der Waals surface area contributed by atoms with Gasteiger partial charge in [-0.05, 0) is 110 Å². The number of fused-ring (bicyclic) bond motifs is 5. The van der Waals surface area contributed by atoms with Crippen molar-refractivity contribution >= 4 is 11.6 Å². The number of hydrogen-bond acceptors (Lipinski definition) is 0. The summed E-state index contributed by atoms with van der Waals surface area (Å²) < 4.78 is 0. The van der Waals surface area contributed by atoms with Crippen molar-refractivity contribution in [2.75, 3.05) is 0 Å². The summed E-state index contributed by atoms with van der Waals surface area (Å²) in [7, 11) is 0. The van der Waals surface area contributed by atoms with Crippen LogP contribution in [0, 0.1) is 52.3 Å². The highest BCUT2D eigenvalue weighted by atomic mass is 35.5. The second kappa shape index (κ2) is 8.09. The highest BCUT2D eigenvalue weighted by Gasteiger charge is 2.60. The van der Waals surface area contributed by atoms with Gasteiger partial charge in [0, 0.05) is 5.38 Å². The summed E-state index contributed by atoms with van der Waals surface area (Å²) in [6, 6.07) is 0. The first-order valence-corrected chi connectivity index (χ1v) is 13.3. The van der Waals surface area contributed by atoms with Crippen molar-refractivity contribution < 1.29 is 0 Å². The molecule has 4 aliphatic carbocycles. The van der Waals surface area contributed by atoms with Gasteiger partial charge in [0.25, 0.3) is 0 Å². The third-order valence-corrected chi connectivity index (χ3v) is 11.2. The molecule has 28 heavy (non-hydrogen) atoms. The number of alkyl halides is 1. The van der Waals surface area contributed by atoms with Gasteiger partial charge >= 0.3 is 0 Å². The van der Waals surface area contributed by atoms with Crippen LogP contribution < -0.4 is 0 Å². The average Bonchev–Trinajstić information content (AvgIpc) is 2.99. The summed E-state index contributed by atoms with van der Waals surface area (Å²) in [6.45, 7) is 12.8. The molecule has 6 unspecified atom stereocenters. The molecule has 4 rings (SSSR count). The number of hydrogen-bond donors (Lipinski definition) is 0. The predicted molar refractivity (Wildman–Crippen MR) is 123 cm³/mol. The lowest BCUT2D eigenvalue weighted by Gasteiger charge is -2.61. The van der Waals surface area contributed by atoms with E-state index >= 15 is 0 Å². The van der Waals surface area contributed by atoms with Crippen LogP contribution in [0.3, 0.4) is 0 Å². The van der Waals surface area contributed by atoms with E-state index < -0.39 is 0 Å². The Labute approximate surface area is 181 Å². The molecule has 0 heterocycles. The van der Waals surface area contributed by atoms with E-state index in [0.717, 1.165) is 41.4 Å². The van der Waals surface area contributed by atoms with Crippen molar-refractivity contribution in [3.05, 3.63) is 0 Å². The molecule has 0 saturated heterocycles. The van der Waals surface area contributed by atoms with Gasteiger partial charge in [-0.1, -0.05) is 53.9 Å². The minimum atomic E-state index is 0.464. The van der Waals surface area contributed by atoms with E-state index in [9.17, 15) is 0 Å². The lowest BCUT2D eigenvalue weighted by Crippen LogP contribution is -2.53. The molecule has 0 nitrogen and oxygen atoms in total. The van der Waals surface area contributed by atoms with Gasteiger partial charge in [0.15, 0.2) is 0 Å². The van der Waals surface area contributed by atoms with Gasteiger partial charge in [-0.2, -0.15) is 0 Å². The van der Waals surface area contributed by atoms with Gasteiger partial charge < -0.3 is 0 Å². The van der Waals surface area contributed by atoms with Crippen LogP contribution in [0.15, 0.2) is 0 Å². The SMILES string of the molecule is CC(C)CCC[C@@H](C)C1CCC2C3CC[C@H]4C[C@H](Cl)CCC4(C)C3CCC21C. The zero-order chi connectivity index (χ0) is 20.1. The molecular formula is C27H47Cl. The van der Waals surface area contributed by atoms with E-state index in [0.29, 0.717) is 16.2 Å². The van der Waals surface area contributed by atoms with Crippen molar-refractivity contribution in [1.29, 1.82) is 0 Å². The average molecular weight is 407 g/mol. The maximum Gasteiger partial charge on any atom is 0.0339 e. The molecule has 0 aromatic carbocycles. The standard InChI is InChI=1S/C27H47Cl/c1-18(2)7-6-8-19(3)23-11-12-24-22-10-9-20-17-21(28)13-15-26(20,4)25(22)14-16-27(23,24)5/h18-25H,6-17H2,1-5H3/t19-,20+,21-,22?,23?,24?,25?,26?,27?/m1/s1. The van der Waals surface area contributed by atoms with E-state index in [1.54, 1.807) is 0 Å². The first kappa shape index (κ1) is 21.5. The molecule has 1 heteroatoms. The molecule has 0 radical (unpaired) electrons. The fourth-order valence-electron chi connectivity index (χ4n) is 9.23. The second-order valence-corrected chi connectivity index (χ2v) is 13.2. The number of halogens is 1. The van der Waals surface area contributed by atoms with Gasteiger partial charge in [0.2, 0.25) is 0 Å². The van der Waals surface area contributed by atoms with E-state index in [2.05, 4.69) is 34.6 Å². The van der Waals surface area contributed by atoms with Gasteiger partial charge in [-0.3, -0.25) is 0 Å². The maximum atomic E-state index is 6.60. The first-order valence-electron chi connectivity index (χ1n) is 12.9. The third kappa shape index (κ3) is 3.61. The third-order valence-electron chi connectivity index (χ3n) is 10.8. The maximum absolute atomic E-state index is 6.60. The molecule has 4 fully saturated rings. The monoisotopic (exact) mass is 406 g/mol. The van der Waals surface area contributed by atoms with Crippen molar-refractivity contribution in [3.63, 3.8) is 0 Å². The molecule has 0 aromatic heterocycles. The van der Waals surface area contributed by atoms with Crippen LogP contribution in [0.1, 0.15) is 112 Å². The van der Waals surface area contributed by atoms with Crippen LogP contribution in [-0.2, 0) is 0 Å². The van der Waals surface area contributed by atoms with Crippen molar-refractivity contribution in [1.82, 2.24) is 0 Å². The Morgan fingerprint density at radius 2 is 1.54 bits per heavy atom. The molecule has 0 aliphatic heterocycles. The Hall–Kier alpha value is 0.290. The fourth-order valence-corrected chi connectivity index (χ4v) is 9.55. The summed E-state index contributed by atoms with van der Waals surface area (Å²) in [5, 5.41) is 0.464. The normalized spacial score (nSPS) is 49.4. The van der Waals surface area contributed by atoms with Crippen molar-refractivity contribution in [3.8, 4) is 0 Å². The van der Waals surface area contributed by atoms with Crippen LogP contribution in [0.4, 0.5) is 0 Å². The van der Waals surface area contributed by atoms with Crippen LogP contribution >= 0.6 is 11.6 Å². The first-order chi connectivity index (χ1) is 13.3. The zero-order valence-corrected chi connectivity index (χ0v) is 20.2. The van der Waals surface area contributed by atoms with Crippen LogP contribution in [-0.4, -0.2) is 5.38 Å². The van der Waals surface area contributed by atoms with E-state index in [4.69, 9.17) is 11.6 Å². The molecule has 162 valence electrons. The Morgan fingerprint density at radius 1 is 0.821 bits per heavy atom. The van der Waals surface area contributed by atoms with Gasteiger partial charge in [-0.25, -0.2) is 0 Å². The molecule has 0 amide bonds. The molecule has 0 N–H and O–H groups in total. The molecule has 0 aromatic rings. The highest BCUT2D eigenvalue weighted by molar-refractivity contribution is 6.20. The lowest BCUT2D eigenvalue weighted by molar-refractivity contribution is -0.113. The second-order valence-electron chi connectivity index (χ2n) is 12.6. The summed E-state index contributed by atoms with van der Waals surface area (Å²) in [5.41, 5.74) is 1.25. The molecular weight excluding hydrogens is 360 g/mol. The summed E-state index contributed by atoms with van der Waals surface area (Å²) in [4.78, 5) is 0. The smallest absolute Gasteiger partial charge is 0.0339 e. The Morgan fingerprint density at radius 3 is 2.29 bits per heavy atom. The zero-order valence-electron chi connectivity index (χ0n) is 19.5. The Balaban J connectivity index is 1.46. The van der Waals surface area contributed by atoms with Crippen LogP contribution in [0.25, 0.3) is 0 Å². The van der Waals surface area contributed by atoms with E-state index in [1.807, 2.05) is 0 Å². The van der Waals surface area contributed by atoms with Crippen molar-refractivity contribution in [2.24, 2.45) is 52.3 Å². The lowest BCUT2D eigenvalue weighted by atomic mass is 9.44. The summed E-state index contributed by atoms with van der Waals surface area (Å²) in [5.74, 6) is 6.77. The molecule has 4 aliphatic rings. The largest absolute Gasteiger partial charge is 0.123 e. The highest BCUT2D eigenvalue weighted by Crippen LogP contribution is 2.68. The molecule has 4 saturated carbocycles. The summed E-state index contributed by atoms with van der Waals surface area (Å²) in [6.07, 6.45) is 17.4. The fraction of sp³-hybridized carbons (Fsp3) is 1.00. The van der Waals surface area contributed by atoms with Gasteiger partial charge in [-0.15, -0.1) is 11.6 Å². The minimum Gasteiger partial charge on any atom is -0.123 e. The minimum absolute atomic E-state index is 0.464. The molecule has 0 spiro atoms. The van der Waals surface area contributed by atoms with Crippen molar-refractivity contribution in [2.45, 2.75) is 117 Å².